The van der Waals surface area contributed by atoms with E-state index in [4.69, 9.17) is 0 Å². The lowest BCUT2D eigenvalue weighted by Gasteiger charge is -2.29. The molecule has 1 fully saturated rings. The fourth-order valence-electron chi connectivity index (χ4n) is 3.68. The van der Waals surface area contributed by atoms with Crippen LogP contribution in [0.4, 0.5) is 18.9 Å². The van der Waals surface area contributed by atoms with Gasteiger partial charge in [0.05, 0.1) is 34.8 Å². The molecule has 1 aromatic carbocycles. The molecule has 1 amide bonds. The number of halogens is 3. The molecule has 180 valence electrons. The molecule has 0 atom stereocenters. The van der Waals surface area contributed by atoms with E-state index in [0.29, 0.717) is 10.7 Å². The Labute approximate surface area is 192 Å². The zero-order valence-electron chi connectivity index (χ0n) is 18.3. The predicted octanol–water partition coefficient (Wildman–Crippen LogP) is 3.36. The van der Waals surface area contributed by atoms with Gasteiger partial charge in [-0.25, -0.2) is 13.4 Å². The highest BCUT2D eigenvalue weighted by Crippen LogP contribution is 2.32. The lowest BCUT2D eigenvalue weighted by atomic mass is 9.84. The van der Waals surface area contributed by atoms with Crippen LogP contribution in [0.25, 0.3) is 16.6 Å². The molecule has 8 nitrogen and oxygen atoms in total. The van der Waals surface area contributed by atoms with Crippen LogP contribution in [-0.2, 0) is 20.8 Å². The summed E-state index contributed by atoms with van der Waals surface area (Å²) in [7, 11) is -2.44. The van der Waals surface area contributed by atoms with Crippen molar-refractivity contribution in [1.29, 1.82) is 0 Å². The van der Waals surface area contributed by atoms with Crippen LogP contribution in [-0.4, -0.2) is 41.9 Å². The van der Waals surface area contributed by atoms with Crippen LogP contribution in [0.15, 0.2) is 46.3 Å². The van der Waals surface area contributed by atoms with Crippen molar-refractivity contribution in [2.45, 2.75) is 37.3 Å². The Balaban J connectivity index is 1.89. The first-order chi connectivity index (χ1) is 15.9. The summed E-state index contributed by atoms with van der Waals surface area (Å²) in [5.74, 6) is -0.976. The lowest BCUT2D eigenvalue weighted by Crippen LogP contribution is -2.36. The molecule has 0 spiro atoms. The van der Waals surface area contributed by atoms with E-state index in [1.807, 2.05) is 0 Å². The zero-order valence-corrected chi connectivity index (χ0v) is 19.2. The summed E-state index contributed by atoms with van der Waals surface area (Å²) < 4.78 is 65.9. The van der Waals surface area contributed by atoms with Crippen molar-refractivity contribution in [2.75, 3.05) is 17.7 Å². The minimum atomic E-state index is -4.66. The second-order valence-electron chi connectivity index (χ2n) is 8.11. The first kappa shape index (κ1) is 23.9. The van der Waals surface area contributed by atoms with E-state index >= 15 is 0 Å². The van der Waals surface area contributed by atoms with Gasteiger partial charge in [0.25, 0.3) is 5.56 Å². The Bertz CT molecular complexity index is 1450. The predicted molar refractivity (Wildman–Crippen MR) is 119 cm³/mol. The second kappa shape index (κ2) is 8.49. The number of pyridine rings is 1. The van der Waals surface area contributed by atoms with Crippen LogP contribution in [0.3, 0.4) is 0 Å². The van der Waals surface area contributed by atoms with Crippen molar-refractivity contribution in [3.63, 3.8) is 0 Å². The number of carbonyl (C=O) groups excluding carboxylic acids is 1. The van der Waals surface area contributed by atoms with Gasteiger partial charge in [-0.05, 0) is 31.0 Å². The Hall–Kier alpha value is -3.28. The van der Waals surface area contributed by atoms with Crippen molar-refractivity contribution in [1.82, 2.24) is 14.8 Å². The maximum Gasteiger partial charge on any atom is 0.416 e. The number of carbonyl (C=O) groups is 1. The summed E-state index contributed by atoms with van der Waals surface area (Å²) in [6.45, 7) is 1.40. The number of alkyl halides is 3. The third-order valence-electron chi connectivity index (χ3n) is 6.02. The first-order valence-corrected chi connectivity index (χ1v) is 12.2. The zero-order chi connectivity index (χ0) is 24.8. The molecule has 0 saturated heterocycles. The summed E-state index contributed by atoms with van der Waals surface area (Å²) in [6, 6.07) is 3.90. The molecular formula is C22H21F3N4O4S. The van der Waals surface area contributed by atoms with E-state index in [1.165, 1.54) is 37.3 Å². The van der Waals surface area contributed by atoms with Gasteiger partial charge in [-0.15, -0.1) is 0 Å². The number of aromatic nitrogens is 3. The number of benzene rings is 1. The van der Waals surface area contributed by atoms with Gasteiger partial charge < -0.3 is 4.90 Å². The van der Waals surface area contributed by atoms with Crippen molar-refractivity contribution in [3.05, 3.63) is 52.6 Å². The molecule has 3 aromatic rings. The van der Waals surface area contributed by atoms with E-state index in [-0.39, 0.29) is 44.8 Å². The summed E-state index contributed by atoms with van der Waals surface area (Å²) in [6.07, 6.45) is 0.203. The van der Waals surface area contributed by atoms with E-state index in [2.05, 4.69) is 10.1 Å². The summed E-state index contributed by atoms with van der Waals surface area (Å²) in [4.78, 5) is 30.8. The molecule has 1 saturated carbocycles. The highest BCUT2D eigenvalue weighted by molar-refractivity contribution is 7.91. The largest absolute Gasteiger partial charge is 0.416 e. The lowest BCUT2D eigenvalue weighted by molar-refractivity contribution is -0.137. The standard InChI is InChI=1S/C22H21F3N4O4S/c1-3-34(32,33)18-10-16(28(2)20(30)13-5-4-6-13)12-26-19(18)29-21(31)17-9-15(22(23,24)25)8-7-14(17)11-27-29/h7-13H,3-6H2,1-2H3. The van der Waals surface area contributed by atoms with Gasteiger partial charge in [-0.1, -0.05) is 19.4 Å². The minimum absolute atomic E-state index is 0.136. The topological polar surface area (TPSA) is 102 Å². The normalized spacial score (nSPS) is 14.7. The smallest absolute Gasteiger partial charge is 0.314 e. The van der Waals surface area contributed by atoms with Gasteiger partial charge in [-0.3, -0.25) is 9.59 Å². The summed E-state index contributed by atoms with van der Waals surface area (Å²) >= 11 is 0. The summed E-state index contributed by atoms with van der Waals surface area (Å²) in [5.41, 5.74) is -1.74. The molecule has 0 aliphatic heterocycles. The van der Waals surface area contributed by atoms with Gasteiger partial charge in [0, 0.05) is 18.4 Å². The second-order valence-corrected chi connectivity index (χ2v) is 10.4. The van der Waals surface area contributed by atoms with Gasteiger partial charge >= 0.3 is 6.18 Å². The molecule has 0 N–H and O–H groups in total. The van der Waals surface area contributed by atoms with Crippen LogP contribution in [0.5, 0.6) is 0 Å². The number of sulfone groups is 1. The molecule has 0 bridgehead atoms. The highest BCUT2D eigenvalue weighted by atomic mass is 32.2. The first-order valence-electron chi connectivity index (χ1n) is 10.5. The maximum absolute atomic E-state index is 13.2. The minimum Gasteiger partial charge on any atom is -0.314 e. The molecule has 4 rings (SSSR count). The van der Waals surface area contributed by atoms with Crippen LogP contribution in [0.2, 0.25) is 0 Å². The van der Waals surface area contributed by atoms with E-state index in [9.17, 15) is 31.2 Å². The highest BCUT2D eigenvalue weighted by Gasteiger charge is 2.32. The van der Waals surface area contributed by atoms with Crippen molar-refractivity contribution in [3.8, 4) is 5.82 Å². The molecule has 12 heteroatoms. The Morgan fingerprint density at radius 1 is 1.21 bits per heavy atom. The maximum atomic E-state index is 13.2. The number of amides is 1. The third kappa shape index (κ3) is 4.17. The number of hydrogen-bond acceptors (Lipinski definition) is 6. The van der Waals surface area contributed by atoms with Crippen LogP contribution >= 0.6 is 0 Å². The molecule has 2 aromatic heterocycles. The van der Waals surface area contributed by atoms with Crippen LogP contribution < -0.4 is 10.5 Å². The third-order valence-corrected chi connectivity index (χ3v) is 7.75. The fraction of sp³-hybridized carbons (Fsp3) is 0.364. The molecule has 0 unspecified atom stereocenters. The summed E-state index contributed by atoms with van der Waals surface area (Å²) in [5, 5.41) is 3.83. The molecule has 0 radical (unpaired) electrons. The van der Waals surface area contributed by atoms with Crippen molar-refractivity contribution in [2.24, 2.45) is 5.92 Å². The molecule has 34 heavy (non-hydrogen) atoms. The number of anilines is 1. The number of nitrogens with zero attached hydrogens (tertiary/aromatic N) is 4. The van der Waals surface area contributed by atoms with Crippen molar-refractivity contribution < 1.29 is 26.4 Å². The molecule has 1 aliphatic rings. The van der Waals surface area contributed by atoms with Gasteiger partial charge in [-0.2, -0.15) is 23.0 Å². The van der Waals surface area contributed by atoms with E-state index < -0.39 is 27.1 Å². The number of fused-ring (bicyclic) bond motifs is 1. The van der Waals surface area contributed by atoms with Gasteiger partial charge in [0.1, 0.15) is 4.90 Å². The van der Waals surface area contributed by atoms with E-state index in [1.54, 1.807) is 0 Å². The fourth-order valence-corrected chi connectivity index (χ4v) is 4.71. The average molecular weight is 494 g/mol. The number of rotatable bonds is 5. The van der Waals surface area contributed by atoms with Gasteiger partial charge in [0.15, 0.2) is 15.7 Å². The average Bonchev–Trinajstić information content (AvgIpc) is 2.76. The number of hydrogen-bond donors (Lipinski definition) is 0. The Kier molecular flexibility index (Phi) is 5.96. The van der Waals surface area contributed by atoms with Gasteiger partial charge in [0.2, 0.25) is 5.91 Å². The SMILES string of the molecule is CCS(=O)(=O)c1cc(N(C)C(=O)C2CCC2)cnc1-n1ncc2ccc(C(F)(F)F)cc2c1=O. The quantitative estimate of drug-likeness (QED) is 0.539. The molecule has 1 aliphatic carbocycles. The monoisotopic (exact) mass is 494 g/mol. The van der Waals surface area contributed by atoms with Crippen LogP contribution in [0, 0.1) is 5.92 Å². The Morgan fingerprint density at radius 3 is 2.50 bits per heavy atom. The molecule has 2 heterocycles. The van der Waals surface area contributed by atoms with Crippen LogP contribution in [0.1, 0.15) is 31.7 Å². The molecular weight excluding hydrogens is 473 g/mol. The van der Waals surface area contributed by atoms with E-state index in [0.717, 1.165) is 31.4 Å². The Morgan fingerprint density at radius 2 is 1.91 bits per heavy atom. The van der Waals surface area contributed by atoms with Crippen molar-refractivity contribution >= 4 is 32.2 Å².